The van der Waals surface area contributed by atoms with Crippen LogP contribution in [-0.4, -0.2) is 25.5 Å². The maximum Gasteiger partial charge on any atom is 0.269 e. The lowest BCUT2D eigenvalue weighted by Gasteiger charge is -2.12. The fraction of sp³-hybridized carbons (Fsp3) is 0.529. The molecule has 1 aromatic rings. The van der Waals surface area contributed by atoms with E-state index in [-0.39, 0.29) is 17.7 Å². The second-order valence-corrected chi connectivity index (χ2v) is 5.83. The molecule has 0 saturated heterocycles. The van der Waals surface area contributed by atoms with Gasteiger partial charge in [-0.1, -0.05) is 20.3 Å². The van der Waals surface area contributed by atoms with Crippen LogP contribution in [0.4, 0.5) is 0 Å². The zero-order valence-electron chi connectivity index (χ0n) is 13.8. The molecule has 1 aliphatic carbocycles. The normalized spacial score (nSPS) is 18.9. The van der Waals surface area contributed by atoms with Gasteiger partial charge in [0.1, 0.15) is 0 Å². The smallest absolute Gasteiger partial charge is 0.269 e. The number of methoxy groups -OCH3 is 1. The van der Waals surface area contributed by atoms with Gasteiger partial charge in [-0.15, -0.1) is 0 Å². The molecule has 2 atom stereocenters. The average Bonchev–Trinajstić information content (AvgIpc) is 3.29. The summed E-state index contributed by atoms with van der Waals surface area (Å²) in [5.41, 5.74) is 5.28. The van der Waals surface area contributed by atoms with Gasteiger partial charge in [-0.05, 0) is 37.0 Å². The molecule has 6 heteroatoms. The van der Waals surface area contributed by atoms with Crippen molar-refractivity contribution in [3.05, 3.63) is 23.8 Å². The highest BCUT2D eigenvalue weighted by Gasteiger charge is 2.39. The minimum absolute atomic E-state index is 0.0131. The molecule has 0 aliphatic heterocycles. The number of benzene rings is 1. The van der Waals surface area contributed by atoms with Gasteiger partial charge in [0, 0.05) is 11.5 Å². The zero-order valence-corrected chi connectivity index (χ0v) is 13.8. The molecule has 23 heavy (non-hydrogen) atoms. The van der Waals surface area contributed by atoms with Crippen molar-refractivity contribution in [3.8, 4) is 11.5 Å². The van der Waals surface area contributed by atoms with Crippen molar-refractivity contribution in [1.29, 1.82) is 0 Å². The van der Waals surface area contributed by atoms with Crippen molar-refractivity contribution in [2.75, 3.05) is 13.7 Å². The van der Waals surface area contributed by atoms with Crippen LogP contribution in [0.3, 0.4) is 0 Å². The van der Waals surface area contributed by atoms with Crippen LogP contribution in [0.15, 0.2) is 18.2 Å². The second kappa shape index (κ2) is 7.85. The third kappa shape index (κ3) is 4.61. The number of carbonyl (C=O) groups is 2. The van der Waals surface area contributed by atoms with Crippen LogP contribution in [0, 0.1) is 11.8 Å². The Morgan fingerprint density at radius 1 is 1.26 bits per heavy atom. The third-order valence-corrected chi connectivity index (χ3v) is 3.93. The summed E-state index contributed by atoms with van der Waals surface area (Å²) in [6.07, 6.45) is 2.87. The van der Waals surface area contributed by atoms with Gasteiger partial charge in [0.2, 0.25) is 5.91 Å². The second-order valence-electron chi connectivity index (χ2n) is 5.83. The lowest BCUT2D eigenvalue weighted by Crippen LogP contribution is -2.42. The summed E-state index contributed by atoms with van der Waals surface area (Å²) in [5.74, 6) is 0.984. The van der Waals surface area contributed by atoms with Crippen LogP contribution in [0.5, 0.6) is 11.5 Å². The number of carbonyl (C=O) groups excluding carboxylic acids is 2. The highest BCUT2D eigenvalue weighted by atomic mass is 16.5. The van der Waals surface area contributed by atoms with Gasteiger partial charge >= 0.3 is 0 Å². The van der Waals surface area contributed by atoms with E-state index in [1.165, 1.54) is 7.11 Å². The lowest BCUT2D eigenvalue weighted by atomic mass is 10.2. The van der Waals surface area contributed by atoms with E-state index in [9.17, 15) is 9.59 Å². The summed E-state index contributed by atoms with van der Waals surface area (Å²) in [5, 5.41) is 0. The molecule has 0 spiro atoms. The standard InChI is InChI=1S/C17H24N2O4/c1-4-5-8-23-14-7-6-12(10-15(14)22-3)16(20)18-19-17(21)13-9-11(13)2/h6-7,10-11,13H,4-5,8-9H2,1-3H3,(H,18,20)(H,19,21). The van der Waals surface area contributed by atoms with E-state index in [0.717, 1.165) is 19.3 Å². The Balaban J connectivity index is 1.93. The molecule has 1 saturated carbocycles. The number of nitrogens with one attached hydrogen (secondary N) is 2. The van der Waals surface area contributed by atoms with Crippen LogP contribution in [0.2, 0.25) is 0 Å². The Morgan fingerprint density at radius 3 is 2.61 bits per heavy atom. The molecule has 0 aromatic heterocycles. The number of unbranched alkanes of at least 4 members (excludes halogenated alkanes) is 1. The first-order chi connectivity index (χ1) is 11.1. The molecule has 2 unspecified atom stereocenters. The number of rotatable bonds is 7. The summed E-state index contributed by atoms with van der Waals surface area (Å²) in [6, 6.07) is 4.95. The highest BCUT2D eigenvalue weighted by molar-refractivity contribution is 5.96. The van der Waals surface area contributed by atoms with Gasteiger partial charge in [-0.25, -0.2) is 0 Å². The number of amides is 2. The van der Waals surface area contributed by atoms with Crippen LogP contribution in [0.25, 0.3) is 0 Å². The van der Waals surface area contributed by atoms with Gasteiger partial charge in [0.25, 0.3) is 5.91 Å². The van der Waals surface area contributed by atoms with Crippen LogP contribution < -0.4 is 20.3 Å². The molecule has 1 fully saturated rings. The van der Waals surface area contributed by atoms with Gasteiger partial charge < -0.3 is 9.47 Å². The molecule has 0 bridgehead atoms. The van der Waals surface area contributed by atoms with E-state index in [2.05, 4.69) is 17.8 Å². The monoisotopic (exact) mass is 320 g/mol. The van der Waals surface area contributed by atoms with E-state index in [1.807, 2.05) is 6.92 Å². The predicted molar refractivity (Wildman–Crippen MR) is 86.3 cm³/mol. The molecule has 2 N–H and O–H groups in total. The molecular formula is C17H24N2O4. The Kier molecular flexibility index (Phi) is 5.84. The Bertz CT molecular complexity index is 574. The van der Waals surface area contributed by atoms with Gasteiger partial charge in [-0.2, -0.15) is 0 Å². The maximum absolute atomic E-state index is 12.1. The number of hydrazine groups is 1. The number of hydrogen-bond donors (Lipinski definition) is 2. The largest absolute Gasteiger partial charge is 0.493 e. The first kappa shape index (κ1) is 17.1. The molecule has 0 heterocycles. The summed E-state index contributed by atoms with van der Waals surface area (Å²) in [7, 11) is 1.53. The topological polar surface area (TPSA) is 76.7 Å². The molecule has 126 valence electrons. The van der Waals surface area contributed by atoms with Crippen molar-refractivity contribution >= 4 is 11.8 Å². The van der Waals surface area contributed by atoms with E-state index < -0.39 is 0 Å². The van der Waals surface area contributed by atoms with Crippen molar-refractivity contribution in [3.63, 3.8) is 0 Å². The summed E-state index contributed by atoms with van der Waals surface area (Å²) in [6.45, 7) is 4.70. The number of hydrogen-bond acceptors (Lipinski definition) is 4. The van der Waals surface area contributed by atoms with Crippen LogP contribution in [-0.2, 0) is 4.79 Å². The Labute approximate surface area is 136 Å². The molecule has 6 nitrogen and oxygen atoms in total. The minimum atomic E-state index is -0.384. The molecule has 2 rings (SSSR count). The maximum atomic E-state index is 12.1. The van der Waals surface area contributed by atoms with Crippen molar-refractivity contribution in [2.45, 2.75) is 33.1 Å². The molecule has 1 aliphatic rings. The fourth-order valence-corrected chi connectivity index (χ4v) is 2.23. The van der Waals surface area contributed by atoms with Crippen molar-refractivity contribution in [2.24, 2.45) is 11.8 Å². The number of ether oxygens (including phenoxy) is 2. The summed E-state index contributed by atoms with van der Waals surface area (Å²) < 4.78 is 10.9. The van der Waals surface area contributed by atoms with E-state index in [0.29, 0.717) is 29.6 Å². The van der Waals surface area contributed by atoms with Crippen molar-refractivity contribution in [1.82, 2.24) is 10.9 Å². The highest BCUT2D eigenvalue weighted by Crippen LogP contribution is 2.37. The van der Waals surface area contributed by atoms with Gasteiger partial charge in [0.15, 0.2) is 11.5 Å². The summed E-state index contributed by atoms with van der Waals surface area (Å²) >= 11 is 0. The van der Waals surface area contributed by atoms with E-state index in [4.69, 9.17) is 9.47 Å². The predicted octanol–water partition coefficient (Wildman–Crippen LogP) is 2.29. The Hall–Kier alpha value is -2.24. The summed E-state index contributed by atoms with van der Waals surface area (Å²) in [4.78, 5) is 23.8. The average molecular weight is 320 g/mol. The van der Waals surface area contributed by atoms with E-state index in [1.54, 1.807) is 18.2 Å². The van der Waals surface area contributed by atoms with Crippen LogP contribution >= 0.6 is 0 Å². The fourth-order valence-electron chi connectivity index (χ4n) is 2.23. The first-order valence-electron chi connectivity index (χ1n) is 7.97. The van der Waals surface area contributed by atoms with Gasteiger partial charge in [-0.3, -0.25) is 20.4 Å². The SMILES string of the molecule is CCCCOc1ccc(C(=O)NNC(=O)C2CC2C)cc1OC. The minimum Gasteiger partial charge on any atom is -0.493 e. The van der Waals surface area contributed by atoms with E-state index >= 15 is 0 Å². The molecule has 0 radical (unpaired) electrons. The molecule has 1 aromatic carbocycles. The van der Waals surface area contributed by atoms with Gasteiger partial charge in [0.05, 0.1) is 13.7 Å². The zero-order chi connectivity index (χ0) is 16.8. The van der Waals surface area contributed by atoms with Crippen LogP contribution in [0.1, 0.15) is 43.5 Å². The molecule has 2 amide bonds. The Morgan fingerprint density at radius 2 is 2.00 bits per heavy atom. The van der Waals surface area contributed by atoms with Crippen molar-refractivity contribution < 1.29 is 19.1 Å². The molecular weight excluding hydrogens is 296 g/mol. The third-order valence-electron chi connectivity index (χ3n) is 3.93. The first-order valence-corrected chi connectivity index (χ1v) is 7.97. The lowest BCUT2D eigenvalue weighted by molar-refractivity contribution is -0.123. The quantitative estimate of drug-likeness (QED) is 0.597.